The molecule has 0 bridgehead atoms. The molecule has 1 atom stereocenters. The molecule has 0 spiro atoms. The van der Waals surface area contributed by atoms with Crippen molar-refractivity contribution in [3.8, 4) is 0 Å². The Morgan fingerprint density at radius 3 is 1.89 bits per heavy atom. The van der Waals surface area contributed by atoms with Crippen LogP contribution < -0.4 is 9.62 Å². The lowest BCUT2D eigenvalue weighted by Gasteiger charge is -2.32. The van der Waals surface area contributed by atoms with Gasteiger partial charge in [-0.15, -0.1) is 0 Å². The molecule has 0 aliphatic heterocycles. The predicted octanol–water partition coefficient (Wildman–Crippen LogP) is 4.07. The fraction of sp³-hybridized carbons (Fsp3) is 0.286. The Hall–Kier alpha value is -3.65. The van der Waals surface area contributed by atoms with E-state index >= 15 is 0 Å². The topological polar surface area (TPSA) is 86.8 Å². The second-order valence-corrected chi connectivity index (χ2v) is 10.8. The van der Waals surface area contributed by atoms with Crippen molar-refractivity contribution in [2.75, 3.05) is 17.4 Å². The zero-order valence-corrected chi connectivity index (χ0v) is 21.7. The van der Waals surface area contributed by atoms with Gasteiger partial charge in [-0.05, 0) is 42.7 Å². The summed E-state index contributed by atoms with van der Waals surface area (Å²) in [5.74, 6) is -0.511. The van der Waals surface area contributed by atoms with Crippen molar-refractivity contribution in [3.05, 3.63) is 96.6 Å². The number of carbonyl (C=O) groups is 2. The molecule has 36 heavy (non-hydrogen) atoms. The first-order valence-electron chi connectivity index (χ1n) is 11.9. The third kappa shape index (κ3) is 6.95. The first kappa shape index (κ1) is 26.9. The van der Waals surface area contributed by atoms with Gasteiger partial charge in [-0.3, -0.25) is 13.9 Å². The largest absolute Gasteiger partial charge is 0.354 e. The van der Waals surface area contributed by atoms with E-state index in [1.54, 1.807) is 55.5 Å². The van der Waals surface area contributed by atoms with E-state index in [2.05, 4.69) is 5.32 Å². The predicted molar refractivity (Wildman–Crippen MR) is 142 cm³/mol. The summed E-state index contributed by atoms with van der Waals surface area (Å²) in [4.78, 5) is 28.2. The molecule has 190 valence electrons. The van der Waals surface area contributed by atoms with E-state index in [1.807, 2.05) is 44.2 Å². The van der Waals surface area contributed by atoms with Gasteiger partial charge < -0.3 is 10.2 Å². The van der Waals surface area contributed by atoms with E-state index in [1.165, 1.54) is 17.0 Å². The molecule has 8 heteroatoms. The Morgan fingerprint density at radius 1 is 0.806 bits per heavy atom. The van der Waals surface area contributed by atoms with Gasteiger partial charge >= 0.3 is 0 Å². The standard InChI is InChI=1S/C28H33N3O4S/c1-22(2)19-29-28(33)23(3)30(20-24-13-7-4-8-14-24)27(32)21-31(25-15-9-5-10-16-25)36(34,35)26-17-11-6-12-18-26/h4-18,22-23H,19-21H2,1-3H3,(H,29,33)/t23-/m0/s1. The molecule has 3 aromatic carbocycles. The average molecular weight is 508 g/mol. The van der Waals surface area contributed by atoms with Gasteiger partial charge in [0.05, 0.1) is 10.6 Å². The summed E-state index contributed by atoms with van der Waals surface area (Å²) in [7, 11) is -4.04. The third-order valence-corrected chi connectivity index (χ3v) is 7.49. The lowest BCUT2D eigenvalue weighted by molar-refractivity contribution is -0.139. The molecule has 0 heterocycles. The molecule has 3 aromatic rings. The number of para-hydroxylation sites is 1. The van der Waals surface area contributed by atoms with Gasteiger partial charge in [0, 0.05) is 13.1 Å². The molecule has 2 amide bonds. The SMILES string of the molecule is CC(C)CNC(=O)[C@H](C)N(Cc1ccccc1)C(=O)CN(c1ccccc1)S(=O)(=O)c1ccccc1. The van der Waals surface area contributed by atoms with Gasteiger partial charge in [0.1, 0.15) is 12.6 Å². The number of anilines is 1. The molecule has 0 aliphatic carbocycles. The van der Waals surface area contributed by atoms with Gasteiger partial charge in [0.15, 0.2) is 0 Å². The second kappa shape index (κ2) is 12.4. The Labute approximate surface area is 213 Å². The van der Waals surface area contributed by atoms with Crippen LogP contribution in [0.5, 0.6) is 0 Å². The lowest BCUT2D eigenvalue weighted by Crippen LogP contribution is -2.51. The van der Waals surface area contributed by atoms with Gasteiger partial charge in [0.25, 0.3) is 10.0 Å². The van der Waals surface area contributed by atoms with Crippen molar-refractivity contribution in [2.24, 2.45) is 5.92 Å². The van der Waals surface area contributed by atoms with Crippen LogP contribution in [0.15, 0.2) is 95.9 Å². The molecule has 0 aliphatic rings. The van der Waals surface area contributed by atoms with Crippen molar-refractivity contribution >= 4 is 27.5 Å². The summed E-state index contributed by atoms with van der Waals surface area (Å²) in [6, 6.07) is 25.1. The first-order valence-corrected chi connectivity index (χ1v) is 13.4. The first-order chi connectivity index (χ1) is 17.2. The minimum absolute atomic E-state index is 0.0824. The van der Waals surface area contributed by atoms with Crippen LogP contribution in [-0.4, -0.2) is 44.3 Å². The maximum atomic E-state index is 13.7. The van der Waals surface area contributed by atoms with Crippen LogP contribution in [0, 0.1) is 5.92 Å². The maximum absolute atomic E-state index is 13.7. The van der Waals surface area contributed by atoms with Crippen LogP contribution in [0.4, 0.5) is 5.69 Å². The normalized spacial score (nSPS) is 12.1. The quantitative estimate of drug-likeness (QED) is 0.424. The van der Waals surface area contributed by atoms with E-state index in [0.717, 1.165) is 9.87 Å². The van der Waals surface area contributed by atoms with Crippen LogP contribution >= 0.6 is 0 Å². The minimum Gasteiger partial charge on any atom is -0.354 e. The summed E-state index contributed by atoms with van der Waals surface area (Å²) in [6.45, 7) is 5.85. The number of sulfonamides is 1. The Balaban J connectivity index is 1.95. The van der Waals surface area contributed by atoms with Crippen LogP contribution in [0.3, 0.4) is 0 Å². The average Bonchev–Trinajstić information content (AvgIpc) is 2.90. The zero-order valence-electron chi connectivity index (χ0n) is 20.9. The smallest absolute Gasteiger partial charge is 0.264 e. The molecular weight excluding hydrogens is 474 g/mol. The number of amides is 2. The number of hydrogen-bond acceptors (Lipinski definition) is 4. The number of nitrogens with one attached hydrogen (secondary N) is 1. The molecule has 0 fully saturated rings. The second-order valence-electron chi connectivity index (χ2n) is 8.98. The van der Waals surface area contributed by atoms with Crippen LogP contribution in [-0.2, 0) is 26.2 Å². The van der Waals surface area contributed by atoms with Crippen molar-refractivity contribution in [1.82, 2.24) is 10.2 Å². The number of rotatable bonds is 11. The fourth-order valence-corrected chi connectivity index (χ4v) is 5.09. The van der Waals surface area contributed by atoms with Crippen molar-refractivity contribution in [1.29, 1.82) is 0 Å². The highest BCUT2D eigenvalue weighted by Crippen LogP contribution is 2.24. The highest BCUT2D eigenvalue weighted by Gasteiger charge is 2.32. The summed E-state index contributed by atoms with van der Waals surface area (Å²) < 4.78 is 28.3. The van der Waals surface area contributed by atoms with E-state index < -0.39 is 28.5 Å². The van der Waals surface area contributed by atoms with E-state index in [4.69, 9.17) is 0 Å². The number of carbonyl (C=O) groups excluding carboxylic acids is 2. The summed E-state index contributed by atoms with van der Waals surface area (Å²) in [6.07, 6.45) is 0. The van der Waals surface area contributed by atoms with Crippen molar-refractivity contribution in [3.63, 3.8) is 0 Å². The molecule has 3 rings (SSSR count). The fourth-order valence-electron chi connectivity index (χ4n) is 3.66. The van der Waals surface area contributed by atoms with Crippen LogP contribution in [0.25, 0.3) is 0 Å². The highest BCUT2D eigenvalue weighted by molar-refractivity contribution is 7.92. The zero-order chi connectivity index (χ0) is 26.1. The summed E-state index contributed by atoms with van der Waals surface area (Å²) in [5, 5.41) is 2.88. The molecule has 0 aromatic heterocycles. The van der Waals surface area contributed by atoms with E-state index in [9.17, 15) is 18.0 Å². The van der Waals surface area contributed by atoms with Crippen molar-refractivity contribution < 1.29 is 18.0 Å². The number of benzene rings is 3. The van der Waals surface area contributed by atoms with Gasteiger partial charge in [-0.2, -0.15) is 0 Å². The van der Waals surface area contributed by atoms with Crippen molar-refractivity contribution in [2.45, 2.75) is 38.3 Å². The van der Waals surface area contributed by atoms with Gasteiger partial charge in [-0.1, -0.05) is 80.6 Å². The number of nitrogens with zero attached hydrogens (tertiary/aromatic N) is 2. The van der Waals surface area contributed by atoms with Crippen LogP contribution in [0.1, 0.15) is 26.3 Å². The lowest BCUT2D eigenvalue weighted by atomic mass is 10.1. The third-order valence-electron chi connectivity index (χ3n) is 5.70. The monoisotopic (exact) mass is 507 g/mol. The van der Waals surface area contributed by atoms with E-state index in [0.29, 0.717) is 12.2 Å². The highest BCUT2D eigenvalue weighted by atomic mass is 32.2. The molecule has 0 saturated carbocycles. The molecule has 0 unspecified atom stereocenters. The summed E-state index contributed by atoms with van der Waals surface area (Å²) >= 11 is 0. The minimum atomic E-state index is -4.04. The Morgan fingerprint density at radius 2 is 1.33 bits per heavy atom. The van der Waals surface area contributed by atoms with E-state index in [-0.39, 0.29) is 23.3 Å². The van der Waals surface area contributed by atoms with Gasteiger partial charge in [-0.25, -0.2) is 8.42 Å². The molecule has 1 N–H and O–H groups in total. The molecule has 7 nitrogen and oxygen atoms in total. The van der Waals surface area contributed by atoms with Gasteiger partial charge in [0.2, 0.25) is 11.8 Å². The maximum Gasteiger partial charge on any atom is 0.264 e. The molecular formula is C28H33N3O4S. The molecule has 0 saturated heterocycles. The summed E-state index contributed by atoms with van der Waals surface area (Å²) in [5.41, 5.74) is 1.21. The Bertz CT molecular complexity index is 1230. The Kier molecular flexibility index (Phi) is 9.25. The molecule has 0 radical (unpaired) electrons. The van der Waals surface area contributed by atoms with Crippen LogP contribution in [0.2, 0.25) is 0 Å². The number of hydrogen-bond donors (Lipinski definition) is 1.